The molecular formula is C3H8IN3O3. The van der Waals surface area contributed by atoms with Crippen molar-refractivity contribution >= 4 is 0 Å². The van der Waals surface area contributed by atoms with Crippen LogP contribution in [-0.2, 0) is 9.68 Å². The topological polar surface area (TPSA) is 53.4 Å². The standard InChI is InChI=1S/C3H8N3O3.HI/c1-8-5-4-2-3(4)9-6(5)7;/h3,5-6H,2H2,1H3;1H/q+1;/p-1. The lowest BCUT2D eigenvalue weighted by Crippen LogP contribution is -3.56. The first-order valence-electron chi connectivity index (χ1n) is 2.71. The smallest absolute Gasteiger partial charge is 0.248 e. The molecule has 6 nitrogen and oxygen atoms in total. The van der Waals surface area contributed by atoms with Crippen molar-refractivity contribution in [3.8, 4) is 0 Å². The van der Waals surface area contributed by atoms with Gasteiger partial charge in [-0.15, -0.1) is 9.68 Å². The highest BCUT2D eigenvalue weighted by Crippen LogP contribution is 2.10. The molecule has 0 aromatic rings. The minimum atomic E-state index is -0.339. The summed E-state index contributed by atoms with van der Waals surface area (Å²) >= 11 is 0. The zero-order chi connectivity index (χ0) is 6.43. The molecule has 0 amide bonds. The Morgan fingerprint density at radius 2 is 2.50 bits per heavy atom. The van der Waals surface area contributed by atoms with Crippen LogP contribution in [0.15, 0.2) is 0 Å². The molecule has 2 aliphatic rings. The molecule has 2 aliphatic heterocycles. The minimum Gasteiger partial charge on any atom is -1.00 e. The van der Waals surface area contributed by atoms with Crippen molar-refractivity contribution in [2.75, 3.05) is 13.7 Å². The van der Waals surface area contributed by atoms with Gasteiger partial charge in [-0.3, -0.25) is 0 Å². The SMILES string of the molecule is CO[NH+]1N2CC2O[NH+]1[O-].[I-]. The number of rotatable bonds is 1. The molecule has 0 aromatic carbocycles. The summed E-state index contributed by atoms with van der Waals surface area (Å²) in [6, 6.07) is 0. The molecule has 0 aromatic heterocycles. The summed E-state index contributed by atoms with van der Waals surface area (Å²) in [7, 11) is 1.47. The normalized spacial score (nSPS) is 49.8. The lowest BCUT2D eigenvalue weighted by atomic mass is 10.9. The monoisotopic (exact) mass is 261 g/mol. The van der Waals surface area contributed by atoms with Crippen molar-refractivity contribution in [1.29, 1.82) is 0 Å². The number of nitrogens with one attached hydrogen (secondary N) is 2. The Morgan fingerprint density at radius 1 is 1.80 bits per heavy atom. The molecule has 0 bridgehead atoms. The van der Waals surface area contributed by atoms with E-state index in [0.717, 1.165) is 6.54 Å². The Balaban J connectivity index is 0.000000500. The van der Waals surface area contributed by atoms with Crippen LogP contribution in [0.3, 0.4) is 0 Å². The van der Waals surface area contributed by atoms with E-state index in [1.54, 1.807) is 5.01 Å². The second-order valence-corrected chi connectivity index (χ2v) is 2.02. The highest BCUT2D eigenvalue weighted by atomic mass is 127. The van der Waals surface area contributed by atoms with E-state index in [1.807, 2.05) is 0 Å². The van der Waals surface area contributed by atoms with Crippen molar-refractivity contribution in [2.45, 2.75) is 6.23 Å². The average molecular weight is 261 g/mol. The molecule has 0 saturated carbocycles. The van der Waals surface area contributed by atoms with Gasteiger partial charge in [0.25, 0.3) is 0 Å². The molecule has 2 heterocycles. The molecule has 0 aliphatic carbocycles. The molecule has 7 heteroatoms. The zero-order valence-corrected chi connectivity index (χ0v) is 7.49. The quantitative estimate of drug-likeness (QED) is 0.280. The highest BCUT2D eigenvalue weighted by molar-refractivity contribution is 4.69. The van der Waals surface area contributed by atoms with Crippen molar-refractivity contribution in [2.24, 2.45) is 0 Å². The van der Waals surface area contributed by atoms with Gasteiger partial charge in [0.2, 0.25) is 6.23 Å². The fourth-order valence-electron chi connectivity index (χ4n) is 0.928. The Labute approximate surface area is 74.7 Å². The second-order valence-electron chi connectivity index (χ2n) is 2.02. The van der Waals surface area contributed by atoms with Crippen molar-refractivity contribution in [3.63, 3.8) is 0 Å². The van der Waals surface area contributed by atoms with Crippen LogP contribution in [0, 0.1) is 5.21 Å². The fourth-order valence-corrected chi connectivity index (χ4v) is 0.928. The first kappa shape index (κ1) is 8.59. The zero-order valence-electron chi connectivity index (χ0n) is 5.33. The summed E-state index contributed by atoms with van der Waals surface area (Å²) in [5, 5.41) is 12.4. The van der Waals surface area contributed by atoms with Crippen LogP contribution in [0.25, 0.3) is 0 Å². The third kappa shape index (κ3) is 1.13. The number of quaternary nitrogens is 2. The van der Waals surface area contributed by atoms with Crippen molar-refractivity contribution < 1.29 is 44.3 Å². The van der Waals surface area contributed by atoms with E-state index in [1.165, 1.54) is 7.11 Å². The number of fused-ring (bicyclic) bond motifs is 1. The fraction of sp³-hybridized carbons (Fsp3) is 1.00. The number of hydrogen-bond acceptors (Lipinski definition) is 4. The molecule has 4 atom stereocenters. The highest BCUT2D eigenvalue weighted by Gasteiger charge is 2.59. The lowest BCUT2D eigenvalue weighted by molar-refractivity contribution is -1.64. The van der Waals surface area contributed by atoms with Crippen LogP contribution in [-0.4, -0.2) is 24.9 Å². The Hall–Kier alpha value is 0.490. The minimum absolute atomic E-state index is 0. The van der Waals surface area contributed by atoms with Gasteiger partial charge in [-0.2, -0.15) is 0 Å². The molecule has 4 unspecified atom stereocenters. The van der Waals surface area contributed by atoms with E-state index in [-0.39, 0.29) is 35.5 Å². The largest absolute Gasteiger partial charge is 1.00 e. The van der Waals surface area contributed by atoms with Crippen molar-refractivity contribution in [1.82, 2.24) is 5.01 Å². The van der Waals surface area contributed by atoms with Gasteiger partial charge < -0.3 is 29.2 Å². The predicted octanol–water partition coefficient (Wildman–Crippen LogP) is -6.76. The van der Waals surface area contributed by atoms with E-state index in [9.17, 15) is 5.21 Å². The third-order valence-corrected chi connectivity index (χ3v) is 1.44. The maximum atomic E-state index is 10.6. The van der Waals surface area contributed by atoms with Crippen LogP contribution >= 0.6 is 0 Å². The van der Waals surface area contributed by atoms with E-state index in [4.69, 9.17) is 9.68 Å². The number of halogens is 1. The number of nitrogens with zero attached hydrogens (tertiary/aromatic N) is 1. The molecule has 60 valence electrons. The van der Waals surface area contributed by atoms with E-state index in [2.05, 4.69) is 0 Å². The first-order chi connectivity index (χ1) is 4.33. The van der Waals surface area contributed by atoms with E-state index >= 15 is 0 Å². The van der Waals surface area contributed by atoms with E-state index < -0.39 is 0 Å². The summed E-state index contributed by atoms with van der Waals surface area (Å²) in [5.74, 6) is 0. The molecule has 0 radical (unpaired) electrons. The van der Waals surface area contributed by atoms with Crippen LogP contribution in [0.4, 0.5) is 0 Å². The second kappa shape index (κ2) is 2.85. The van der Waals surface area contributed by atoms with Gasteiger partial charge in [0, 0.05) is 0 Å². The lowest BCUT2D eigenvalue weighted by Gasteiger charge is -2.16. The third-order valence-electron chi connectivity index (χ3n) is 1.44. The molecule has 2 rings (SSSR count). The molecule has 2 N–H and O–H groups in total. The summed E-state index contributed by atoms with van der Waals surface area (Å²) in [6.07, 6.45) is -0.00699. The summed E-state index contributed by atoms with van der Waals surface area (Å²) in [4.78, 5) is 9.51. The Kier molecular flexibility index (Phi) is 2.45. The predicted molar refractivity (Wildman–Crippen MR) is 23.9 cm³/mol. The van der Waals surface area contributed by atoms with Gasteiger partial charge in [-0.25, -0.2) is 0 Å². The van der Waals surface area contributed by atoms with Gasteiger partial charge in [0.15, 0.2) is 0 Å². The van der Waals surface area contributed by atoms with Gasteiger partial charge >= 0.3 is 0 Å². The summed E-state index contributed by atoms with van der Waals surface area (Å²) in [5.41, 5.74) is 0. The summed E-state index contributed by atoms with van der Waals surface area (Å²) in [6.45, 7) is 0.801. The van der Waals surface area contributed by atoms with Crippen LogP contribution in [0.1, 0.15) is 0 Å². The van der Waals surface area contributed by atoms with Crippen LogP contribution in [0.2, 0.25) is 0 Å². The maximum absolute atomic E-state index is 10.6. The number of hydrogen-bond donors (Lipinski definition) is 2. The van der Waals surface area contributed by atoms with E-state index in [0.29, 0.717) is 5.28 Å². The van der Waals surface area contributed by atoms with Crippen molar-refractivity contribution in [3.05, 3.63) is 5.21 Å². The Morgan fingerprint density at radius 3 is 2.80 bits per heavy atom. The molecule has 2 saturated heterocycles. The molecule has 2 fully saturated rings. The molecule has 10 heavy (non-hydrogen) atoms. The molecule has 0 spiro atoms. The van der Waals surface area contributed by atoms with Gasteiger partial charge in [0.1, 0.15) is 13.7 Å². The summed E-state index contributed by atoms with van der Waals surface area (Å²) < 4.78 is 0. The van der Waals surface area contributed by atoms with Gasteiger partial charge in [-0.1, -0.05) is 0 Å². The Bertz CT molecular complexity index is 134. The molecular weight excluding hydrogens is 253 g/mol. The van der Waals surface area contributed by atoms with Crippen LogP contribution in [0.5, 0.6) is 0 Å². The maximum Gasteiger partial charge on any atom is 0.248 e. The first-order valence-corrected chi connectivity index (χ1v) is 2.71. The average Bonchev–Trinajstić information content (AvgIpc) is 2.45. The van der Waals surface area contributed by atoms with Gasteiger partial charge in [-0.05, 0) is 10.3 Å². The van der Waals surface area contributed by atoms with Gasteiger partial charge in [0.05, 0.1) is 5.28 Å². The van der Waals surface area contributed by atoms with Crippen LogP contribution < -0.4 is 34.6 Å².